The zero-order chi connectivity index (χ0) is 11.2. The highest BCUT2D eigenvalue weighted by Crippen LogP contribution is 2.06. The molecule has 5 nitrogen and oxygen atoms in total. The number of carbonyl (C=O) groups excluding carboxylic acids is 1. The van der Waals surface area contributed by atoms with Gasteiger partial charge in [0.1, 0.15) is 5.54 Å². The van der Waals surface area contributed by atoms with Crippen molar-refractivity contribution < 1.29 is 20.1 Å². The topological polar surface area (TPSA) is 89.8 Å². The Labute approximate surface area is 83.8 Å². The second kappa shape index (κ2) is 5.95. The number of aliphatic hydroxyl groups excluding tert-OH is 3. The summed E-state index contributed by atoms with van der Waals surface area (Å²) < 4.78 is 0. The summed E-state index contributed by atoms with van der Waals surface area (Å²) in [6, 6.07) is 0. The number of nitrogens with one attached hydrogen (secondary N) is 1. The van der Waals surface area contributed by atoms with Crippen molar-refractivity contribution in [3.8, 4) is 0 Å². The van der Waals surface area contributed by atoms with Crippen molar-refractivity contribution in [1.82, 2.24) is 5.32 Å². The van der Waals surface area contributed by atoms with Gasteiger partial charge in [0.15, 0.2) is 0 Å². The third-order valence-corrected chi connectivity index (χ3v) is 2.36. The Morgan fingerprint density at radius 3 is 2.00 bits per heavy atom. The molecule has 0 spiro atoms. The molecule has 1 unspecified atom stereocenters. The maximum absolute atomic E-state index is 11.4. The summed E-state index contributed by atoms with van der Waals surface area (Å²) in [5.74, 6) is -0.469. The van der Waals surface area contributed by atoms with Crippen LogP contribution in [0.15, 0.2) is 0 Å². The molecule has 0 heterocycles. The van der Waals surface area contributed by atoms with E-state index < -0.39 is 25.4 Å². The molecule has 0 aromatic rings. The minimum Gasteiger partial charge on any atom is -0.394 e. The van der Waals surface area contributed by atoms with Crippen molar-refractivity contribution >= 4 is 5.91 Å². The normalized spacial score (nSPS) is 13.8. The van der Waals surface area contributed by atoms with Crippen LogP contribution in [0, 0.1) is 5.92 Å². The van der Waals surface area contributed by atoms with Crippen LogP contribution in [0.25, 0.3) is 0 Å². The van der Waals surface area contributed by atoms with Crippen molar-refractivity contribution in [2.45, 2.75) is 25.8 Å². The standard InChI is InChI=1S/C9H19NO4/c1-3-7(2)8(14)10-9(4-11,5-12)6-13/h7,11-13H,3-6H2,1-2H3,(H,10,14). The molecule has 14 heavy (non-hydrogen) atoms. The van der Waals surface area contributed by atoms with Gasteiger partial charge in [0.25, 0.3) is 0 Å². The molecule has 0 aliphatic rings. The van der Waals surface area contributed by atoms with Gasteiger partial charge >= 0.3 is 0 Å². The number of carbonyl (C=O) groups is 1. The van der Waals surface area contributed by atoms with Crippen molar-refractivity contribution in [2.75, 3.05) is 19.8 Å². The van der Waals surface area contributed by atoms with E-state index >= 15 is 0 Å². The Kier molecular flexibility index (Phi) is 5.68. The molecule has 84 valence electrons. The summed E-state index contributed by atoms with van der Waals surface area (Å²) in [5, 5.41) is 29.3. The van der Waals surface area contributed by atoms with Gasteiger partial charge in [0, 0.05) is 5.92 Å². The Morgan fingerprint density at radius 1 is 1.29 bits per heavy atom. The molecule has 0 aliphatic heterocycles. The van der Waals surface area contributed by atoms with Gasteiger partial charge in [0.2, 0.25) is 5.91 Å². The highest BCUT2D eigenvalue weighted by molar-refractivity contribution is 5.79. The Hall–Kier alpha value is -0.650. The number of hydrogen-bond donors (Lipinski definition) is 4. The lowest BCUT2D eigenvalue weighted by atomic mass is 10.0. The molecule has 0 fully saturated rings. The lowest BCUT2D eigenvalue weighted by Gasteiger charge is -2.29. The molecule has 4 N–H and O–H groups in total. The van der Waals surface area contributed by atoms with Crippen LogP contribution in [0.3, 0.4) is 0 Å². The van der Waals surface area contributed by atoms with Gasteiger partial charge in [-0.2, -0.15) is 0 Å². The van der Waals surface area contributed by atoms with Crippen molar-refractivity contribution in [3.05, 3.63) is 0 Å². The largest absolute Gasteiger partial charge is 0.394 e. The monoisotopic (exact) mass is 205 g/mol. The van der Waals surface area contributed by atoms with Gasteiger partial charge in [-0.1, -0.05) is 13.8 Å². The van der Waals surface area contributed by atoms with Gasteiger partial charge in [-0.15, -0.1) is 0 Å². The molecule has 0 saturated carbocycles. The summed E-state index contributed by atoms with van der Waals surface area (Å²) in [6.45, 7) is 2.15. The fourth-order valence-electron chi connectivity index (χ4n) is 0.839. The molecule has 1 atom stereocenters. The zero-order valence-electron chi connectivity index (χ0n) is 8.66. The molecule has 0 aromatic heterocycles. The number of hydrogen-bond acceptors (Lipinski definition) is 4. The summed E-state index contributed by atoms with van der Waals surface area (Å²) >= 11 is 0. The minimum absolute atomic E-state index is 0.195. The Balaban J connectivity index is 4.37. The summed E-state index contributed by atoms with van der Waals surface area (Å²) in [7, 11) is 0. The first kappa shape index (κ1) is 13.4. The van der Waals surface area contributed by atoms with Crippen LogP contribution in [0.4, 0.5) is 0 Å². The third kappa shape index (κ3) is 3.25. The van der Waals surface area contributed by atoms with Crippen molar-refractivity contribution in [3.63, 3.8) is 0 Å². The van der Waals surface area contributed by atoms with Crippen LogP contribution >= 0.6 is 0 Å². The molecule has 0 bridgehead atoms. The van der Waals surface area contributed by atoms with E-state index in [1.54, 1.807) is 6.92 Å². The predicted octanol–water partition coefficient (Wildman–Crippen LogP) is -1.14. The molecule has 5 heteroatoms. The summed E-state index contributed by atoms with van der Waals surface area (Å²) in [5.41, 5.74) is -1.31. The molecule has 0 aliphatic carbocycles. The molecular formula is C9H19NO4. The molecular weight excluding hydrogens is 186 g/mol. The molecule has 0 rings (SSSR count). The van der Waals surface area contributed by atoms with Crippen molar-refractivity contribution in [1.29, 1.82) is 0 Å². The SMILES string of the molecule is CCC(C)C(=O)NC(CO)(CO)CO. The van der Waals surface area contributed by atoms with Gasteiger partial charge in [0.05, 0.1) is 19.8 Å². The van der Waals surface area contributed by atoms with Crippen LogP contribution in [0.1, 0.15) is 20.3 Å². The predicted molar refractivity (Wildman–Crippen MR) is 51.6 cm³/mol. The molecule has 0 radical (unpaired) electrons. The molecule has 1 amide bonds. The first-order chi connectivity index (χ1) is 6.55. The zero-order valence-corrected chi connectivity index (χ0v) is 8.66. The van der Waals surface area contributed by atoms with Gasteiger partial charge in [-0.3, -0.25) is 4.79 Å². The number of amides is 1. The fourth-order valence-corrected chi connectivity index (χ4v) is 0.839. The van der Waals surface area contributed by atoms with Gasteiger partial charge in [-0.25, -0.2) is 0 Å². The quantitative estimate of drug-likeness (QED) is 0.441. The van der Waals surface area contributed by atoms with Crippen molar-refractivity contribution in [2.24, 2.45) is 5.92 Å². The van der Waals surface area contributed by atoms with E-state index in [1.165, 1.54) is 0 Å². The average Bonchev–Trinajstić information content (AvgIpc) is 2.24. The fraction of sp³-hybridized carbons (Fsp3) is 0.889. The molecule has 0 saturated heterocycles. The van der Waals surface area contributed by atoms with E-state index in [2.05, 4.69) is 5.32 Å². The van der Waals surface area contributed by atoms with Gasteiger partial charge in [-0.05, 0) is 6.42 Å². The van der Waals surface area contributed by atoms with E-state index in [4.69, 9.17) is 15.3 Å². The Bertz CT molecular complexity index is 171. The maximum atomic E-state index is 11.4. The first-order valence-corrected chi connectivity index (χ1v) is 4.69. The van der Waals surface area contributed by atoms with Gasteiger partial charge < -0.3 is 20.6 Å². The van der Waals surface area contributed by atoms with Crippen LogP contribution < -0.4 is 5.32 Å². The second-order valence-corrected chi connectivity index (χ2v) is 3.55. The van der Waals surface area contributed by atoms with Crippen LogP contribution in [0.2, 0.25) is 0 Å². The molecule has 0 aromatic carbocycles. The van der Waals surface area contributed by atoms with E-state index in [9.17, 15) is 4.79 Å². The van der Waals surface area contributed by atoms with E-state index in [-0.39, 0.29) is 11.8 Å². The third-order valence-electron chi connectivity index (χ3n) is 2.36. The first-order valence-electron chi connectivity index (χ1n) is 4.69. The van der Waals surface area contributed by atoms with E-state index in [0.29, 0.717) is 6.42 Å². The number of aliphatic hydroxyl groups is 3. The lowest BCUT2D eigenvalue weighted by molar-refractivity contribution is -0.128. The second-order valence-electron chi connectivity index (χ2n) is 3.55. The smallest absolute Gasteiger partial charge is 0.223 e. The average molecular weight is 205 g/mol. The summed E-state index contributed by atoms with van der Waals surface area (Å²) in [4.78, 5) is 11.4. The highest BCUT2D eigenvalue weighted by Gasteiger charge is 2.30. The Morgan fingerprint density at radius 2 is 1.71 bits per heavy atom. The minimum atomic E-state index is -1.31. The lowest BCUT2D eigenvalue weighted by Crippen LogP contribution is -2.58. The number of rotatable bonds is 6. The van der Waals surface area contributed by atoms with E-state index in [1.807, 2.05) is 6.92 Å². The van der Waals surface area contributed by atoms with E-state index in [0.717, 1.165) is 0 Å². The highest BCUT2D eigenvalue weighted by atomic mass is 16.3. The van der Waals surface area contributed by atoms with Crippen LogP contribution in [-0.4, -0.2) is 46.6 Å². The van der Waals surface area contributed by atoms with Crippen LogP contribution in [-0.2, 0) is 4.79 Å². The maximum Gasteiger partial charge on any atom is 0.223 e. The summed E-state index contributed by atoms with van der Waals surface area (Å²) in [6.07, 6.45) is 0.671. The van der Waals surface area contributed by atoms with Crippen LogP contribution in [0.5, 0.6) is 0 Å².